The summed E-state index contributed by atoms with van der Waals surface area (Å²) in [6.07, 6.45) is 1.94. The highest BCUT2D eigenvalue weighted by molar-refractivity contribution is 5.79. The van der Waals surface area contributed by atoms with Crippen LogP contribution in [0.3, 0.4) is 0 Å². The molecule has 0 bridgehead atoms. The van der Waals surface area contributed by atoms with E-state index >= 15 is 0 Å². The number of aryl methyl sites for hydroxylation is 1. The Morgan fingerprint density at radius 2 is 1.86 bits per heavy atom. The number of aromatic nitrogens is 1. The Bertz CT molecular complexity index is 813. The minimum Gasteiger partial charge on any atom is -0.496 e. The van der Waals surface area contributed by atoms with Gasteiger partial charge in [-0.2, -0.15) is 0 Å². The number of nitrogens with zero attached hydrogens (tertiary/aromatic N) is 4. The van der Waals surface area contributed by atoms with Gasteiger partial charge in [0.25, 0.3) is 0 Å². The van der Waals surface area contributed by atoms with Crippen molar-refractivity contribution in [3.63, 3.8) is 0 Å². The summed E-state index contributed by atoms with van der Waals surface area (Å²) in [7, 11) is 5.63. The molecule has 0 amide bonds. The van der Waals surface area contributed by atoms with Crippen LogP contribution in [0.4, 0.5) is 5.82 Å². The smallest absolute Gasteiger partial charge is 0.191 e. The molecule has 7 nitrogen and oxygen atoms in total. The number of aliphatic imine (C=N–C) groups is 1. The Morgan fingerprint density at radius 3 is 2.52 bits per heavy atom. The van der Waals surface area contributed by atoms with Gasteiger partial charge in [0.15, 0.2) is 5.96 Å². The second-order valence-electron chi connectivity index (χ2n) is 7.41. The van der Waals surface area contributed by atoms with Crippen molar-refractivity contribution in [3.05, 3.63) is 53.2 Å². The molecule has 0 saturated carbocycles. The van der Waals surface area contributed by atoms with Crippen LogP contribution in [0.5, 0.6) is 5.75 Å². The van der Waals surface area contributed by atoms with E-state index in [2.05, 4.69) is 68.6 Å². The molecule has 1 aliphatic rings. The van der Waals surface area contributed by atoms with E-state index in [1.807, 2.05) is 12.3 Å². The Balaban J connectivity index is 1.50. The Hall–Kier alpha value is -2.80. The van der Waals surface area contributed by atoms with E-state index in [1.54, 1.807) is 14.2 Å². The predicted octanol–water partition coefficient (Wildman–Crippen LogP) is 2.02. The van der Waals surface area contributed by atoms with Gasteiger partial charge in [-0.05, 0) is 37.2 Å². The highest BCUT2D eigenvalue weighted by Gasteiger charge is 2.15. The summed E-state index contributed by atoms with van der Waals surface area (Å²) in [4.78, 5) is 13.6. The van der Waals surface area contributed by atoms with Crippen LogP contribution in [0.15, 0.2) is 41.5 Å². The van der Waals surface area contributed by atoms with Gasteiger partial charge in [-0.3, -0.25) is 4.99 Å². The Kier molecular flexibility index (Phi) is 7.30. The van der Waals surface area contributed by atoms with Crippen molar-refractivity contribution in [2.24, 2.45) is 4.99 Å². The topological polar surface area (TPSA) is 65.0 Å². The Labute approximate surface area is 173 Å². The van der Waals surface area contributed by atoms with E-state index in [1.165, 1.54) is 5.56 Å². The molecule has 2 N–H and O–H groups in total. The molecule has 0 radical (unpaired) electrons. The first-order chi connectivity index (χ1) is 14.1. The lowest BCUT2D eigenvalue weighted by Crippen LogP contribution is -2.44. The van der Waals surface area contributed by atoms with Gasteiger partial charge < -0.3 is 25.2 Å². The lowest BCUT2D eigenvalue weighted by atomic mass is 10.1. The maximum absolute atomic E-state index is 5.47. The largest absolute Gasteiger partial charge is 0.496 e. The molecule has 7 heteroatoms. The quantitative estimate of drug-likeness (QED) is 0.575. The number of hydrogen-bond donors (Lipinski definition) is 2. The van der Waals surface area contributed by atoms with E-state index < -0.39 is 0 Å². The first-order valence-corrected chi connectivity index (χ1v) is 10.1. The minimum absolute atomic E-state index is 0.643. The van der Waals surface area contributed by atoms with Gasteiger partial charge >= 0.3 is 0 Å². The third-order valence-corrected chi connectivity index (χ3v) is 5.21. The zero-order valence-electron chi connectivity index (χ0n) is 17.9. The highest BCUT2D eigenvalue weighted by atomic mass is 16.5. The summed E-state index contributed by atoms with van der Waals surface area (Å²) in [5.74, 6) is 2.68. The summed E-state index contributed by atoms with van der Waals surface area (Å²) < 4.78 is 5.47. The second-order valence-corrected chi connectivity index (χ2v) is 7.41. The van der Waals surface area contributed by atoms with E-state index in [-0.39, 0.29) is 0 Å². The molecule has 0 atom stereocenters. The standard InChI is InChI=1S/C22H32N6O/c1-17-5-7-19(20(13-17)29-4)16-26-22(23-2)25-15-18-6-8-21(24-14-18)28-11-9-27(3)10-12-28/h5-8,13-14H,9-12,15-16H2,1-4H3,(H2,23,25,26). The zero-order valence-corrected chi connectivity index (χ0v) is 17.9. The van der Waals surface area contributed by atoms with Crippen molar-refractivity contribution >= 4 is 11.8 Å². The lowest BCUT2D eigenvalue weighted by Gasteiger charge is -2.33. The third kappa shape index (κ3) is 5.84. The number of rotatable bonds is 6. The molecule has 0 unspecified atom stereocenters. The normalized spacial score (nSPS) is 15.3. The van der Waals surface area contributed by atoms with Crippen LogP contribution in [0, 0.1) is 6.92 Å². The molecular formula is C22H32N6O. The van der Waals surface area contributed by atoms with E-state index in [4.69, 9.17) is 4.74 Å². The summed E-state index contributed by atoms with van der Waals surface area (Å²) in [6, 6.07) is 10.4. The van der Waals surface area contributed by atoms with Gasteiger partial charge in [-0.1, -0.05) is 18.2 Å². The van der Waals surface area contributed by atoms with Crippen molar-refractivity contribution in [2.75, 3.05) is 52.3 Å². The predicted molar refractivity (Wildman–Crippen MR) is 119 cm³/mol. The van der Waals surface area contributed by atoms with Gasteiger partial charge in [0.2, 0.25) is 0 Å². The monoisotopic (exact) mass is 396 g/mol. The van der Waals surface area contributed by atoms with Gasteiger partial charge in [0, 0.05) is 58.1 Å². The van der Waals surface area contributed by atoms with Gasteiger partial charge in [0.05, 0.1) is 7.11 Å². The molecule has 1 saturated heterocycles. The highest BCUT2D eigenvalue weighted by Crippen LogP contribution is 2.19. The number of methoxy groups -OCH3 is 1. The number of anilines is 1. The lowest BCUT2D eigenvalue weighted by molar-refractivity contribution is 0.312. The van der Waals surface area contributed by atoms with Crippen LogP contribution in [-0.4, -0.2) is 63.2 Å². The number of piperazine rings is 1. The van der Waals surface area contributed by atoms with Crippen molar-refractivity contribution in [1.29, 1.82) is 0 Å². The fraction of sp³-hybridized carbons (Fsp3) is 0.455. The molecule has 1 aromatic heterocycles. The number of benzene rings is 1. The molecule has 1 aromatic carbocycles. The number of ether oxygens (including phenoxy) is 1. The van der Waals surface area contributed by atoms with Crippen LogP contribution in [0.25, 0.3) is 0 Å². The molecule has 0 spiro atoms. The number of hydrogen-bond acceptors (Lipinski definition) is 5. The van der Waals surface area contributed by atoms with Gasteiger partial charge in [-0.15, -0.1) is 0 Å². The fourth-order valence-electron chi connectivity index (χ4n) is 3.33. The number of likely N-dealkylation sites (N-methyl/N-ethyl adjacent to an activating group) is 1. The number of nitrogens with one attached hydrogen (secondary N) is 2. The van der Waals surface area contributed by atoms with Crippen LogP contribution in [-0.2, 0) is 13.1 Å². The third-order valence-electron chi connectivity index (χ3n) is 5.21. The van der Waals surface area contributed by atoms with Gasteiger partial charge in [0.1, 0.15) is 11.6 Å². The van der Waals surface area contributed by atoms with Crippen molar-refractivity contribution in [2.45, 2.75) is 20.0 Å². The molecule has 3 rings (SSSR count). The Morgan fingerprint density at radius 1 is 1.10 bits per heavy atom. The average molecular weight is 397 g/mol. The van der Waals surface area contributed by atoms with Crippen LogP contribution < -0.4 is 20.3 Å². The van der Waals surface area contributed by atoms with E-state index in [0.29, 0.717) is 13.1 Å². The molecule has 1 aliphatic heterocycles. The maximum Gasteiger partial charge on any atom is 0.191 e. The van der Waals surface area contributed by atoms with Crippen LogP contribution >= 0.6 is 0 Å². The van der Waals surface area contributed by atoms with Crippen LogP contribution in [0.1, 0.15) is 16.7 Å². The van der Waals surface area contributed by atoms with Crippen molar-refractivity contribution < 1.29 is 4.74 Å². The molecule has 29 heavy (non-hydrogen) atoms. The summed E-state index contributed by atoms with van der Waals surface area (Å²) in [6.45, 7) is 7.59. The first kappa shape index (κ1) is 20.9. The number of pyridine rings is 1. The SMILES string of the molecule is CN=C(NCc1ccc(N2CCN(C)CC2)nc1)NCc1ccc(C)cc1OC. The van der Waals surface area contributed by atoms with Gasteiger partial charge in [-0.25, -0.2) is 4.98 Å². The first-order valence-electron chi connectivity index (χ1n) is 10.1. The zero-order chi connectivity index (χ0) is 20.6. The number of guanidine groups is 1. The molecule has 2 heterocycles. The molecular weight excluding hydrogens is 364 g/mol. The van der Waals surface area contributed by atoms with Crippen molar-refractivity contribution in [1.82, 2.24) is 20.5 Å². The van der Waals surface area contributed by atoms with E-state index in [9.17, 15) is 0 Å². The van der Waals surface area contributed by atoms with E-state index in [0.717, 1.165) is 54.8 Å². The second kappa shape index (κ2) is 10.1. The summed E-state index contributed by atoms with van der Waals surface area (Å²) in [5.41, 5.74) is 3.40. The minimum atomic E-state index is 0.643. The molecule has 156 valence electrons. The molecule has 0 aliphatic carbocycles. The molecule has 2 aromatic rings. The van der Waals surface area contributed by atoms with Crippen LogP contribution in [0.2, 0.25) is 0 Å². The average Bonchev–Trinajstić information content (AvgIpc) is 2.75. The maximum atomic E-state index is 5.47. The van der Waals surface area contributed by atoms with Crippen molar-refractivity contribution in [3.8, 4) is 5.75 Å². The summed E-state index contributed by atoms with van der Waals surface area (Å²) >= 11 is 0. The summed E-state index contributed by atoms with van der Waals surface area (Å²) in [5, 5.41) is 6.69. The fourth-order valence-corrected chi connectivity index (χ4v) is 3.33. The molecule has 1 fully saturated rings.